The first-order valence-electron chi connectivity index (χ1n) is 9.05. The largest absolute Gasteiger partial charge is 0.464 e. The van der Waals surface area contributed by atoms with Crippen LogP contribution in [0.5, 0.6) is 0 Å². The van der Waals surface area contributed by atoms with Gasteiger partial charge in [-0.3, -0.25) is 9.59 Å². The van der Waals surface area contributed by atoms with E-state index >= 15 is 0 Å². The minimum Gasteiger partial charge on any atom is -0.464 e. The van der Waals surface area contributed by atoms with E-state index in [4.69, 9.17) is 9.15 Å². The Morgan fingerprint density at radius 1 is 1.32 bits per heavy atom. The third-order valence-corrected chi connectivity index (χ3v) is 4.73. The van der Waals surface area contributed by atoms with Gasteiger partial charge in [0.25, 0.3) is 0 Å². The van der Waals surface area contributed by atoms with Crippen molar-refractivity contribution in [1.29, 1.82) is 0 Å². The Balaban J connectivity index is 2.03. The summed E-state index contributed by atoms with van der Waals surface area (Å²) in [5.41, 5.74) is 0. The average Bonchev–Trinajstić information content (AvgIpc) is 2.91. The molecule has 1 aliphatic carbocycles. The van der Waals surface area contributed by atoms with Crippen molar-refractivity contribution in [1.82, 2.24) is 9.80 Å². The van der Waals surface area contributed by atoms with Gasteiger partial charge in [-0.2, -0.15) is 0 Å². The lowest BCUT2D eigenvalue weighted by atomic mass is 9.84. The first-order valence-corrected chi connectivity index (χ1v) is 9.05. The predicted octanol–water partition coefficient (Wildman–Crippen LogP) is 2.60. The molecule has 1 heterocycles. The van der Waals surface area contributed by atoms with E-state index in [1.54, 1.807) is 16.9 Å². The summed E-state index contributed by atoms with van der Waals surface area (Å²) in [4.78, 5) is 28.9. The van der Waals surface area contributed by atoms with E-state index in [2.05, 4.69) is 0 Å². The van der Waals surface area contributed by atoms with Gasteiger partial charge in [0.1, 0.15) is 11.5 Å². The first kappa shape index (κ1) is 19.5. The quantitative estimate of drug-likeness (QED) is 0.687. The number of rotatable bonds is 9. The van der Waals surface area contributed by atoms with Crippen molar-refractivity contribution in [3.8, 4) is 0 Å². The highest BCUT2D eigenvalue weighted by Gasteiger charge is 2.32. The van der Waals surface area contributed by atoms with Crippen LogP contribution in [0.1, 0.15) is 44.6 Å². The van der Waals surface area contributed by atoms with Crippen molar-refractivity contribution < 1.29 is 18.7 Å². The van der Waals surface area contributed by atoms with E-state index in [0.717, 1.165) is 30.8 Å². The van der Waals surface area contributed by atoms with Crippen LogP contribution in [0.3, 0.4) is 0 Å². The lowest BCUT2D eigenvalue weighted by Crippen LogP contribution is -2.49. The summed E-state index contributed by atoms with van der Waals surface area (Å²) >= 11 is 0. The maximum Gasteiger partial charge on any atom is 0.242 e. The molecule has 0 aliphatic heterocycles. The highest BCUT2D eigenvalue weighted by atomic mass is 16.5. The van der Waals surface area contributed by atoms with Gasteiger partial charge in [0, 0.05) is 25.6 Å². The molecule has 0 spiro atoms. The average molecular weight is 350 g/mol. The van der Waals surface area contributed by atoms with E-state index in [1.807, 2.05) is 32.9 Å². The lowest BCUT2D eigenvalue weighted by molar-refractivity contribution is -0.147. The van der Waals surface area contributed by atoms with Gasteiger partial charge in [0.05, 0.1) is 19.7 Å². The molecule has 6 nitrogen and oxygen atoms in total. The van der Waals surface area contributed by atoms with Crippen molar-refractivity contribution in [3.05, 3.63) is 23.7 Å². The summed E-state index contributed by atoms with van der Waals surface area (Å²) in [7, 11) is 1.61. The molecule has 0 N–H and O–H groups in total. The molecule has 0 radical (unpaired) electrons. The van der Waals surface area contributed by atoms with Crippen molar-refractivity contribution in [2.45, 2.75) is 52.6 Å². The molecule has 0 unspecified atom stereocenters. The first-order chi connectivity index (χ1) is 11.9. The number of methoxy groups -OCH3 is 1. The van der Waals surface area contributed by atoms with Gasteiger partial charge in [-0.15, -0.1) is 0 Å². The molecule has 1 fully saturated rings. The molecule has 0 bridgehead atoms. The number of carbonyl (C=O) groups excluding carboxylic acids is 2. The fourth-order valence-electron chi connectivity index (χ4n) is 2.90. The van der Waals surface area contributed by atoms with Crippen molar-refractivity contribution in [3.63, 3.8) is 0 Å². The van der Waals surface area contributed by atoms with E-state index in [0.29, 0.717) is 19.7 Å². The van der Waals surface area contributed by atoms with E-state index in [9.17, 15) is 9.59 Å². The molecule has 0 saturated heterocycles. The van der Waals surface area contributed by atoms with Gasteiger partial charge in [-0.1, -0.05) is 6.42 Å². The Kier molecular flexibility index (Phi) is 7.05. The zero-order valence-corrected chi connectivity index (χ0v) is 15.8. The predicted molar refractivity (Wildman–Crippen MR) is 94.9 cm³/mol. The Morgan fingerprint density at radius 3 is 2.52 bits per heavy atom. The Labute approximate surface area is 150 Å². The SMILES string of the molecule is COCCN(Cc1ccc(C)o1)C(=O)CN(C(=O)C1CCC1)C(C)C. The minimum atomic E-state index is -0.0764. The molecule has 0 aromatic carbocycles. The van der Waals surface area contributed by atoms with Gasteiger partial charge in [0.2, 0.25) is 11.8 Å². The fraction of sp³-hybridized carbons (Fsp3) is 0.684. The molecule has 140 valence electrons. The van der Waals surface area contributed by atoms with Crippen LogP contribution in [0.2, 0.25) is 0 Å². The van der Waals surface area contributed by atoms with Crippen LogP contribution in [-0.2, 0) is 20.9 Å². The van der Waals surface area contributed by atoms with E-state index in [1.165, 1.54) is 0 Å². The summed E-state index contributed by atoms with van der Waals surface area (Å²) in [6, 6.07) is 3.77. The second kappa shape index (κ2) is 9.04. The maximum absolute atomic E-state index is 12.8. The number of nitrogens with zero attached hydrogens (tertiary/aromatic N) is 2. The van der Waals surface area contributed by atoms with Crippen molar-refractivity contribution in [2.75, 3.05) is 26.8 Å². The molecular formula is C19H30N2O4. The molecule has 1 aromatic heterocycles. The van der Waals surface area contributed by atoms with Crippen LogP contribution in [-0.4, -0.2) is 54.5 Å². The molecule has 0 atom stereocenters. The number of hydrogen-bond acceptors (Lipinski definition) is 4. The van der Waals surface area contributed by atoms with Gasteiger partial charge in [-0.25, -0.2) is 0 Å². The smallest absolute Gasteiger partial charge is 0.242 e. The second-order valence-corrected chi connectivity index (χ2v) is 7.01. The molecule has 1 aromatic rings. The van der Waals surface area contributed by atoms with Crippen molar-refractivity contribution >= 4 is 11.8 Å². The standard InChI is InChI=1S/C19H30N2O4/c1-14(2)21(19(23)16-6-5-7-16)13-18(22)20(10-11-24-4)12-17-9-8-15(3)25-17/h8-9,14,16H,5-7,10-13H2,1-4H3. The second-order valence-electron chi connectivity index (χ2n) is 7.01. The Bertz CT molecular complexity index is 578. The molecule has 1 aliphatic rings. The topological polar surface area (TPSA) is 63.0 Å². The number of amides is 2. The van der Waals surface area contributed by atoms with Gasteiger partial charge in [-0.05, 0) is 45.7 Å². The molecule has 1 saturated carbocycles. The molecule has 2 amide bonds. The molecule has 25 heavy (non-hydrogen) atoms. The summed E-state index contributed by atoms with van der Waals surface area (Å²) in [5.74, 6) is 1.68. The summed E-state index contributed by atoms with van der Waals surface area (Å²) in [5, 5.41) is 0. The highest BCUT2D eigenvalue weighted by molar-refractivity contribution is 5.86. The van der Waals surface area contributed by atoms with Gasteiger partial charge in [0.15, 0.2) is 0 Å². The van der Waals surface area contributed by atoms with Gasteiger partial charge < -0.3 is 19.0 Å². The van der Waals surface area contributed by atoms with E-state index < -0.39 is 0 Å². The van der Waals surface area contributed by atoms with E-state index in [-0.39, 0.29) is 30.3 Å². The summed E-state index contributed by atoms with van der Waals surface area (Å²) in [6.07, 6.45) is 2.98. The number of carbonyl (C=O) groups is 2. The van der Waals surface area contributed by atoms with Crippen LogP contribution in [0.4, 0.5) is 0 Å². The van der Waals surface area contributed by atoms with Crippen LogP contribution in [0.25, 0.3) is 0 Å². The summed E-state index contributed by atoms with van der Waals surface area (Å²) < 4.78 is 10.7. The minimum absolute atomic E-state index is 0.00665. The number of ether oxygens (including phenoxy) is 1. The monoisotopic (exact) mass is 350 g/mol. The zero-order valence-electron chi connectivity index (χ0n) is 15.8. The molecule has 2 rings (SSSR count). The maximum atomic E-state index is 12.8. The lowest BCUT2D eigenvalue weighted by Gasteiger charge is -2.35. The Hall–Kier alpha value is -1.82. The van der Waals surface area contributed by atoms with Gasteiger partial charge >= 0.3 is 0 Å². The van der Waals surface area contributed by atoms with Crippen molar-refractivity contribution in [2.24, 2.45) is 5.92 Å². The third kappa shape index (κ3) is 5.33. The molecule has 6 heteroatoms. The number of hydrogen-bond donors (Lipinski definition) is 0. The normalized spacial score (nSPS) is 14.4. The highest BCUT2D eigenvalue weighted by Crippen LogP contribution is 2.29. The van der Waals surface area contributed by atoms with Crippen LogP contribution >= 0.6 is 0 Å². The van der Waals surface area contributed by atoms with Crippen LogP contribution in [0.15, 0.2) is 16.5 Å². The zero-order chi connectivity index (χ0) is 18.4. The van der Waals surface area contributed by atoms with Crippen LogP contribution < -0.4 is 0 Å². The van der Waals surface area contributed by atoms with Crippen LogP contribution in [0, 0.1) is 12.8 Å². The number of aryl methyl sites for hydroxylation is 1. The Morgan fingerprint density at radius 2 is 2.04 bits per heavy atom. The third-order valence-electron chi connectivity index (χ3n) is 4.73. The summed E-state index contributed by atoms with van der Waals surface area (Å²) in [6.45, 7) is 7.21. The molecular weight excluding hydrogens is 320 g/mol. The number of furan rings is 1. The fourth-order valence-corrected chi connectivity index (χ4v) is 2.90.